The Labute approximate surface area is 68.2 Å². The molecule has 0 amide bonds. The third-order valence-corrected chi connectivity index (χ3v) is 0.968. The second kappa shape index (κ2) is 7.19. The Balaban J connectivity index is 0.000000461. The molecule has 2 nitrogen and oxygen atoms in total. The molecule has 0 saturated heterocycles. The summed E-state index contributed by atoms with van der Waals surface area (Å²) in [6.07, 6.45) is 4.23. The lowest BCUT2D eigenvalue weighted by molar-refractivity contribution is 0.313. The lowest BCUT2D eigenvalue weighted by Crippen LogP contribution is -1.92. The fraction of sp³-hybridized carbons (Fsp3) is 0.556. The zero-order valence-electron chi connectivity index (χ0n) is 7.46. The summed E-state index contributed by atoms with van der Waals surface area (Å²) in [5.74, 6) is 0.817. The van der Waals surface area contributed by atoms with Crippen molar-refractivity contribution in [1.82, 2.24) is 0 Å². The SMILES string of the molecule is CC.CCCOc1ccoc1. The average Bonchev–Trinajstić information content (AvgIpc) is 2.57. The van der Waals surface area contributed by atoms with Crippen molar-refractivity contribution in [3.8, 4) is 5.75 Å². The summed E-state index contributed by atoms with van der Waals surface area (Å²) in [6.45, 7) is 6.83. The van der Waals surface area contributed by atoms with Crippen LogP contribution in [0.25, 0.3) is 0 Å². The molecule has 1 aromatic rings. The summed E-state index contributed by atoms with van der Waals surface area (Å²) in [7, 11) is 0. The van der Waals surface area contributed by atoms with Crippen molar-refractivity contribution in [3.63, 3.8) is 0 Å². The van der Waals surface area contributed by atoms with Crippen LogP contribution in [0.1, 0.15) is 27.2 Å². The van der Waals surface area contributed by atoms with E-state index in [1.165, 1.54) is 0 Å². The van der Waals surface area contributed by atoms with Gasteiger partial charge in [-0.05, 0) is 6.42 Å². The molecular weight excluding hydrogens is 140 g/mol. The van der Waals surface area contributed by atoms with Crippen molar-refractivity contribution in [3.05, 3.63) is 18.6 Å². The van der Waals surface area contributed by atoms with Gasteiger partial charge < -0.3 is 9.15 Å². The van der Waals surface area contributed by atoms with Gasteiger partial charge in [0, 0.05) is 6.07 Å². The molecule has 0 saturated carbocycles. The molecule has 2 heteroatoms. The van der Waals surface area contributed by atoms with Crippen LogP contribution in [-0.4, -0.2) is 6.61 Å². The maximum atomic E-state index is 5.20. The number of hydrogen-bond acceptors (Lipinski definition) is 2. The van der Waals surface area contributed by atoms with Crippen molar-refractivity contribution in [2.75, 3.05) is 6.61 Å². The maximum Gasteiger partial charge on any atom is 0.157 e. The predicted molar refractivity (Wildman–Crippen MR) is 45.8 cm³/mol. The first-order chi connectivity index (χ1) is 5.43. The fourth-order valence-electron chi connectivity index (χ4n) is 0.554. The first kappa shape index (κ1) is 10.1. The van der Waals surface area contributed by atoms with Crippen molar-refractivity contribution in [2.45, 2.75) is 27.2 Å². The summed E-state index contributed by atoms with van der Waals surface area (Å²) < 4.78 is 9.99. The van der Waals surface area contributed by atoms with E-state index in [0.717, 1.165) is 18.8 Å². The largest absolute Gasteiger partial charge is 0.490 e. The van der Waals surface area contributed by atoms with Gasteiger partial charge >= 0.3 is 0 Å². The highest BCUT2D eigenvalue weighted by atomic mass is 16.5. The Morgan fingerprint density at radius 2 is 2.18 bits per heavy atom. The first-order valence-corrected chi connectivity index (χ1v) is 4.08. The van der Waals surface area contributed by atoms with Crippen LogP contribution in [0, 0.1) is 0 Å². The standard InChI is InChI=1S/C7H10O2.C2H6/c1-2-4-9-7-3-5-8-6-7;1-2/h3,5-6H,2,4H2,1H3;1-2H3. The van der Waals surface area contributed by atoms with Gasteiger partial charge in [-0.1, -0.05) is 20.8 Å². The van der Waals surface area contributed by atoms with Crippen LogP contribution in [0.2, 0.25) is 0 Å². The van der Waals surface area contributed by atoms with Crippen molar-refractivity contribution >= 4 is 0 Å². The molecule has 0 radical (unpaired) electrons. The molecule has 0 unspecified atom stereocenters. The average molecular weight is 156 g/mol. The minimum absolute atomic E-state index is 0.763. The van der Waals surface area contributed by atoms with Crippen LogP contribution >= 0.6 is 0 Å². The van der Waals surface area contributed by atoms with E-state index in [-0.39, 0.29) is 0 Å². The minimum atomic E-state index is 0.763. The van der Waals surface area contributed by atoms with E-state index < -0.39 is 0 Å². The third-order valence-electron chi connectivity index (χ3n) is 0.968. The highest BCUT2D eigenvalue weighted by Gasteiger charge is 1.89. The monoisotopic (exact) mass is 156 g/mol. The van der Waals surface area contributed by atoms with Crippen molar-refractivity contribution in [2.24, 2.45) is 0 Å². The van der Waals surface area contributed by atoms with Gasteiger partial charge in [-0.2, -0.15) is 0 Å². The molecule has 0 aliphatic rings. The van der Waals surface area contributed by atoms with E-state index in [9.17, 15) is 0 Å². The van der Waals surface area contributed by atoms with Crippen LogP contribution in [0.15, 0.2) is 23.0 Å². The summed E-state index contributed by atoms with van der Waals surface area (Å²) in [5.41, 5.74) is 0. The highest BCUT2D eigenvalue weighted by molar-refractivity contribution is 5.12. The fourth-order valence-corrected chi connectivity index (χ4v) is 0.554. The van der Waals surface area contributed by atoms with Crippen LogP contribution in [0.5, 0.6) is 5.75 Å². The van der Waals surface area contributed by atoms with Crippen LogP contribution < -0.4 is 4.74 Å². The van der Waals surface area contributed by atoms with E-state index in [1.807, 2.05) is 13.8 Å². The summed E-state index contributed by atoms with van der Waals surface area (Å²) in [6, 6.07) is 1.80. The van der Waals surface area contributed by atoms with Gasteiger partial charge in [0.05, 0.1) is 12.9 Å². The minimum Gasteiger partial charge on any atom is -0.490 e. The second-order valence-electron chi connectivity index (χ2n) is 1.81. The van der Waals surface area contributed by atoms with E-state index >= 15 is 0 Å². The van der Waals surface area contributed by atoms with Gasteiger partial charge in [0.15, 0.2) is 5.75 Å². The molecule has 1 heterocycles. The third kappa shape index (κ3) is 4.48. The van der Waals surface area contributed by atoms with E-state index in [1.54, 1.807) is 18.6 Å². The first-order valence-electron chi connectivity index (χ1n) is 4.08. The van der Waals surface area contributed by atoms with Crippen LogP contribution in [-0.2, 0) is 0 Å². The molecule has 0 fully saturated rings. The van der Waals surface area contributed by atoms with Gasteiger partial charge in [-0.15, -0.1) is 0 Å². The smallest absolute Gasteiger partial charge is 0.157 e. The Morgan fingerprint density at radius 3 is 2.64 bits per heavy atom. The molecular formula is C9H16O2. The lowest BCUT2D eigenvalue weighted by Gasteiger charge is -1.96. The number of furan rings is 1. The topological polar surface area (TPSA) is 22.4 Å². The summed E-state index contributed by atoms with van der Waals surface area (Å²) in [4.78, 5) is 0. The van der Waals surface area contributed by atoms with Crippen LogP contribution in [0.3, 0.4) is 0 Å². The van der Waals surface area contributed by atoms with Gasteiger partial charge in [0.25, 0.3) is 0 Å². The molecule has 1 rings (SSSR count). The molecule has 0 spiro atoms. The normalized spacial score (nSPS) is 8.27. The zero-order valence-corrected chi connectivity index (χ0v) is 7.46. The maximum absolute atomic E-state index is 5.20. The van der Waals surface area contributed by atoms with Gasteiger partial charge in [0.2, 0.25) is 0 Å². The molecule has 0 aliphatic heterocycles. The number of rotatable bonds is 3. The molecule has 0 atom stereocenters. The summed E-state index contributed by atoms with van der Waals surface area (Å²) >= 11 is 0. The van der Waals surface area contributed by atoms with Gasteiger partial charge in [-0.25, -0.2) is 0 Å². The van der Waals surface area contributed by atoms with E-state index in [0.29, 0.717) is 0 Å². The molecule has 0 aliphatic carbocycles. The zero-order chi connectivity index (χ0) is 8.53. The molecule has 11 heavy (non-hydrogen) atoms. The lowest BCUT2D eigenvalue weighted by atomic mass is 10.5. The Morgan fingerprint density at radius 1 is 1.45 bits per heavy atom. The molecule has 64 valence electrons. The number of ether oxygens (including phenoxy) is 1. The van der Waals surface area contributed by atoms with E-state index in [4.69, 9.17) is 9.15 Å². The molecule has 1 aromatic heterocycles. The van der Waals surface area contributed by atoms with Gasteiger partial charge in [0.1, 0.15) is 6.26 Å². The van der Waals surface area contributed by atoms with Gasteiger partial charge in [-0.3, -0.25) is 0 Å². The van der Waals surface area contributed by atoms with Crippen LogP contribution in [0.4, 0.5) is 0 Å². The quantitative estimate of drug-likeness (QED) is 0.671. The second-order valence-corrected chi connectivity index (χ2v) is 1.81. The van der Waals surface area contributed by atoms with Crippen molar-refractivity contribution in [1.29, 1.82) is 0 Å². The van der Waals surface area contributed by atoms with Crippen molar-refractivity contribution < 1.29 is 9.15 Å². The number of hydrogen-bond donors (Lipinski definition) is 0. The molecule has 0 N–H and O–H groups in total. The highest BCUT2D eigenvalue weighted by Crippen LogP contribution is 2.09. The predicted octanol–water partition coefficient (Wildman–Crippen LogP) is 3.09. The molecule has 0 aromatic carbocycles. The Bertz CT molecular complexity index is 145. The van der Waals surface area contributed by atoms with E-state index in [2.05, 4.69) is 6.92 Å². The molecule has 0 bridgehead atoms. The Kier molecular flexibility index (Phi) is 6.59. The Hall–Kier alpha value is -0.920. The summed E-state index contributed by atoms with van der Waals surface area (Å²) in [5, 5.41) is 0.